The van der Waals surface area contributed by atoms with Crippen LogP contribution in [0.3, 0.4) is 0 Å². The van der Waals surface area contributed by atoms with Crippen molar-refractivity contribution in [3.8, 4) is 17.2 Å². The summed E-state index contributed by atoms with van der Waals surface area (Å²) in [5.41, 5.74) is 0.693. The molecule has 0 saturated carbocycles. The predicted molar refractivity (Wildman–Crippen MR) is 101 cm³/mol. The van der Waals surface area contributed by atoms with Gasteiger partial charge in [-0.05, 0) is 23.8 Å². The normalized spacial score (nSPS) is 27.4. The highest BCUT2D eigenvalue weighted by atomic mass is 16.7. The van der Waals surface area contributed by atoms with Crippen LogP contribution < -0.4 is 14.2 Å². The molecule has 10 heteroatoms. The smallest absolute Gasteiger partial charge is 0.229 e. The highest BCUT2D eigenvalue weighted by Crippen LogP contribution is 2.40. The van der Waals surface area contributed by atoms with E-state index in [4.69, 9.17) is 28.4 Å². The third-order valence-electron chi connectivity index (χ3n) is 4.48. The van der Waals surface area contributed by atoms with Crippen molar-refractivity contribution in [2.75, 3.05) is 35.0 Å². The maximum absolute atomic E-state index is 10.2. The molecule has 1 aromatic rings. The average molecular weight is 416 g/mol. The van der Waals surface area contributed by atoms with E-state index in [0.29, 0.717) is 5.56 Å². The van der Waals surface area contributed by atoms with Crippen LogP contribution in [0.1, 0.15) is 5.56 Å². The van der Waals surface area contributed by atoms with Crippen molar-refractivity contribution < 1.29 is 48.8 Å². The van der Waals surface area contributed by atoms with Crippen molar-refractivity contribution in [2.24, 2.45) is 0 Å². The van der Waals surface area contributed by atoms with Crippen LogP contribution in [0.2, 0.25) is 0 Å². The minimum absolute atomic E-state index is 0.117. The van der Waals surface area contributed by atoms with E-state index in [-0.39, 0.29) is 17.2 Å². The molecule has 0 bridgehead atoms. The molecular weight excluding hydrogens is 388 g/mol. The Kier molecular flexibility index (Phi) is 8.65. The molecule has 10 nitrogen and oxygen atoms in total. The van der Waals surface area contributed by atoms with Gasteiger partial charge in [0.05, 0.1) is 20.8 Å². The molecule has 0 spiro atoms. The van der Waals surface area contributed by atoms with Crippen molar-refractivity contribution in [1.29, 1.82) is 0 Å². The van der Waals surface area contributed by atoms with Gasteiger partial charge in [-0.1, -0.05) is 6.08 Å². The third kappa shape index (κ3) is 5.37. The van der Waals surface area contributed by atoms with E-state index in [0.717, 1.165) is 0 Å². The quantitative estimate of drug-likeness (QED) is 0.391. The summed E-state index contributed by atoms with van der Waals surface area (Å²) in [5, 5.41) is 39.4. The monoisotopic (exact) mass is 416 g/mol. The largest absolute Gasteiger partial charge is 0.493 e. The Balaban J connectivity index is 2.32. The molecule has 0 aromatic heterocycles. The highest BCUT2D eigenvalue weighted by molar-refractivity contribution is 5.62. The van der Waals surface area contributed by atoms with E-state index >= 15 is 0 Å². The number of ether oxygens (including phenoxy) is 6. The zero-order valence-corrected chi connectivity index (χ0v) is 16.7. The molecule has 1 fully saturated rings. The number of methoxy groups -OCH3 is 4. The lowest BCUT2D eigenvalue weighted by Crippen LogP contribution is -2.60. The first-order valence-corrected chi connectivity index (χ1v) is 8.87. The Morgan fingerprint density at radius 3 is 2.03 bits per heavy atom. The fraction of sp³-hybridized carbons (Fsp3) is 0.579. The van der Waals surface area contributed by atoms with E-state index < -0.39 is 43.6 Å². The molecule has 164 valence electrons. The Bertz CT molecular complexity index is 648. The Labute approximate surface area is 168 Å². The van der Waals surface area contributed by atoms with Crippen LogP contribution >= 0.6 is 0 Å². The molecular formula is C19H28O10. The number of aliphatic hydroxyl groups excluding tert-OH is 4. The summed E-state index contributed by atoms with van der Waals surface area (Å²) < 4.78 is 32.0. The molecule has 29 heavy (non-hydrogen) atoms. The van der Waals surface area contributed by atoms with E-state index in [1.807, 2.05) is 0 Å². The van der Waals surface area contributed by atoms with Gasteiger partial charge in [0.15, 0.2) is 17.8 Å². The maximum Gasteiger partial charge on any atom is 0.229 e. The first-order chi connectivity index (χ1) is 13.9. The first-order valence-electron chi connectivity index (χ1n) is 8.87. The fourth-order valence-corrected chi connectivity index (χ4v) is 2.84. The summed E-state index contributed by atoms with van der Waals surface area (Å²) in [6, 6.07) is 3.31. The molecule has 2 rings (SSSR count). The second kappa shape index (κ2) is 10.7. The predicted octanol–water partition coefficient (Wildman–Crippen LogP) is -0.485. The van der Waals surface area contributed by atoms with E-state index in [1.165, 1.54) is 28.4 Å². The van der Waals surface area contributed by atoms with Gasteiger partial charge in [0.25, 0.3) is 0 Å². The summed E-state index contributed by atoms with van der Waals surface area (Å²) in [7, 11) is 5.87. The number of hydrogen-bond acceptors (Lipinski definition) is 10. The molecule has 1 heterocycles. The third-order valence-corrected chi connectivity index (χ3v) is 4.48. The van der Waals surface area contributed by atoms with Gasteiger partial charge in [0.2, 0.25) is 12.0 Å². The van der Waals surface area contributed by atoms with Crippen LogP contribution in [0.4, 0.5) is 0 Å². The molecule has 1 saturated heterocycles. The van der Waals surface area contributed by atoms with Crippen LogP contribution in [0.15, 0.2) is 18.2 Å². The van der Waals surface area contributed by atoms with Crippen molar-refractivity contribution in [2.45, 2.75) is 37.0 Å². The molecule has 4 N–H and O–H groups in total. The molecule has 1 aliphatic rings. The number of hydrogen-bond donors (Lipinski definition) is 4. The maximum atomic E-state index is 10.2. The van der Waals surface area contributed by atoms with E-state index in [9.17, 15) is 20.4 Å². The molecule has 0 amide bonds. The molecule has 0 radical (unpaired) electrons. The zero-order valence-electron chi connectivity index (χ0n) is 16.7. The van der Waals surface area contributed by atoms with Gasteiger partial charge in [0, 0.05) is 14.2 Å². The van der Waals surface area contributed by atoms with Crippen molar-refractivity contribution in [3.63, 3.8) is 0 Å². The summed E-state index contributed by atoms with van der Waals surface area (Å²) in [5.74, 6) is 0.659. The zero-order chi connectivity index (χ0) is 21.6. The van der Waals surface area contributed by atoms with Crippen LogP contribution in [-0.2, 0) is 14.2 Å². The Hall–Kier alpha value is -1.92. The van der Waals surface area contributed by atoms with Gasteiger partial charge in [0.1, 0.15) is 24.4 Å². The molecule has 0 unspecified atom stereocenters. The lowest BCUT2D eigenvalue weighted by molar-refractivity contribution is -0.277. The second-order valence-electron chi connectivity index (χ2n) is 6.27. The lowest BCUT2D eigenvalue weighted by Gasteiger charge is -2.39. The van der Waals surface area contributed by atoms with Crippen molar-refractivity contribution in [1.82, 2.24) is 0 Å². The van der Waals surface area contributed by atoms with Crippen LogP contribution in [0, 0.1) is 0 Å². The summed E-state index contributed by atoms with van der Waals surface area (Å²) in [6.07, 6.45) is -4.19. The highest BCUT2D eigenvalue weighted by Gasteiger charge is 2.45. The van der Waals surface area contributed by atoms with E-state index in [1.54, 1.807) is 24.3 Å². The summed E-state index contributed by atoms with van der Waals surface area (Å²) >= 11 is 0. The number of rotatable bonds is 9. The van der Waals surface area contributed by atoms with E-state index in [2.05, 4.69) is 0 Å². The van der Waals surface area contributed by atoms with Crippen LogP contribution in [0.25, 0.3) is 6.08 Å². The van der Waals surface area contributed by atoms with Gasteiger partial charge >= 0.3 is 0 Å². The lowest BCUT2D eigenvalue weighted by atomic mass is 9.99. The molecule has 0 aliphatic carbocycles. The summed E-state index contributed by atoms with van der Waals surface area (Å²) in [6.45, 7) is -0.566. The average Bonchev–Trinajstić information content (AvgIpc) is 2.74. The van der Waals surface area contributed by atoms with Crippen LogP contribution in [-0.4, -0.2) is 92.5 Å². The van der Waals surface area contributed by atoms with Gasteiger partial charge < -0.3 is 48.8 Å². The fourth-order valence-electron chi connectivity index (χ4n) is 2.84. The topological polar surface area (TPSA) is 136 Å². The Morgan fingerprint density at radius 2 is 1.55 bits per heavy atom. The SMILES string of the molecule is COc1cc(/C=C/C(OC)OC)cc(OC)c1O[C@@H]1O[C@H](CO)[C@@H](O)[C@H](O)[C@H]1O. The van der Waals surface area contributed by atoms with Crippen LogP contribution in [0.5, 0.6) is 17.2 Å². The molecule has 1 aliphatic heterocycles. The second-order valence-corrected chi connectivity index (χ2v) is 6.27. The Morgan fingerprint density at radius 1 is 0.966 bits per heavy atom. The van der Waals surface area contributed by atoms with Gasteiger partial charge in [-0.2, -0.15) is 0 Å². The van der Waals surface area contributed by atoms with Crippen molar-refractivity contribution in [3.05, 3.63) is 23.8 Å². The molecule has 1 aromatic carbocycles. The van der Waals surface area contributed by atoms with Crippen molar-refractivity contribution >= 4 is 6.08 Å². The van der Waals surface area contributed by atoms with Gasteiger partial charge in [-0.3, -0.25) is 0 Å². The first kappa shape index (κ1) is 23.4. The minimum atomic E-state index is -1.56. The summed E-state index contributed by atoms with van der Waals surface area (Å²) in [4.78, 5) is 0. The number of aliphatic hydroxyl groups is 4. The van der Waals surface area contributed by atoms with Gasteiger partial charge in [-0.15, -0.1) is 0 Å². The van der Waals surface area contributed by atoms with Gasteiger partial charge in [-0.25, -0.2) is 0 Å². The standard InChI is InChI=1S/C19H28O10/c1-24-11-7-10(5-6-14(26-3)27-4)8-12(25-2)18(11)29-19-17(23)16(22)15(21)13(9-20)28-19/h5-8,13-17,19-23H,9H2,1-4H3/b6-5+/t13-,15-,16+,17-,19+/m1/s1. The number of benzene rings is 1. The molecule has 5 atom stereocenters. The minimum Gasteiger partial charge on any atom is -0.493 e.